The fourth-order valence-electron chi connectivity index (χ4n) is 4.54. The maximum Gasteiger partial charge on any atom is 0.345 e. The SMILES string of the molecule is CC[C@@]1(O)C(=O)OC(O)c2c1cc1n(c2=O)Cc2cc3cc(CN(C)C)ccc3nc2-1. The molecule has 2 aromatic heterocycles. The molecule has 2 aliphatic heterocycles. The van der Waals surface area contributed by atoms with E-state index in [1.54, 1.807) is 13.0 Å². The Hall–Kier alpha value is -3.07. The molecule has 0 bridgehead atoms. The van der Waals surface area contributed by atoms with Crippen LogP contribution in [0.2, 0.25) is 0 Å². The molecule has 0 saturated heterocycles. The van der Waals surface area contributed by atoms with E-state index in [2.05, 4.69) is 11.0 Å². The summed E-state index contributed by atoms with van der Waals surface area (Å²) in [5, 5.41) is 22.2. The summed E-state index contributed by atoms with van der Waals surface area (Å²) in [6.07, 6.45) is -1.69. The number of rotatable bonds is 3. The summed E-state index contributed by atoms with van der Waals surface area (Å²) >= 11 is 0. The number of cyclic esters (lactones) is 1. The molecule has 2 atom stereocenters. The number of esters is 1. The molecular formula is C23H23N3O5. The molecule has 0 saturated carbocycles. The van der Waals surface area contributed by atoms with Gasteiger partial charge in [0.15, 0.2) is 5.60 Å². The van der Waals surface area contributed by atoms with Crippen LogP contribution in [0.3, 0.4) is 0 Å². The van der Waals surface area contributed by atoms with Crippen LogP contribution in [-0.4, -0.2) is 44.7 Å². The fourth-order valence-corrected chi connectivity index (χ4v) is 4.54. The van der Waals surface area contributed by atoms with Gasteiger partial charge in [0, 0.05) is 23.1 Å². The second-order valence-corrected chi connectivity index (χ2v) is 8.48. The molecule has 3 aromatic rings. The van der Waals surface area contributed by atoms with Crippen LogP contribution in [0.15, 0.2) is 35.1 Å². The molecule has 8 nitrogen and oxygen atoms in total. The van der Waals surface area contributed by atoms with Crippen molar-refractivity contribution in [2.75, 3.05) is 14.1 Å². The minimum Gasteiger partial charge on any atom is -0.429 e. The fraction of sp³-hybridized carbons (Fsp3) is 0.348. The van der Waals surface area contributed by atoms with E-state index in [1.165, 1.54) is 4.57 Å². The molecule has 31 heavy (non-hydrogen) atoms. The lowest BCUT2D eigenvalue weighted by Crippen LogP contribution is -2.46. The number of carbonyl (C=O) groups excluding carboxylic acids is 1. The zero-order chi connectivity index (χ0) is 22.1. The first-order chi connectivity index (χ1) is 14.7. The third kappa shape index (κ3) is 2.83. The van der Waals surface area contributed by atoms with Crippen LogP contribution in [0.1, 0.15) is 41.9 Å². The maximum absolute atomic E-state index is 13.2. The monoisotopic (exact) mass is 421 g/mol. The van der Waals surface area contributed by atoms with E-state index in [0.717, 1.165) is 28.6 Å². The minimum absolute atomic E-state index is 0.0150. The van der Waals surface area contributed by atoms with E-state index in [9.17, 15) is 19.8 Å². The van der Waals surface area contributed by atoms with Crippen molar-refractivity contribution in [2.24, 2.45) is 0 Å². The minimum atomic E-state index is -1.98. The Morgan fingerprint density at radius 2 is 2.03 bits per heavy atom. The van der Waals surface area contributed by atoms with Gasteiger partial charge in [0.25, 0.3) is 5.56 Å². The average Bonchev–Trinajstić information content (AvgIpc) is 3.07. The first-order valence-electron chi connectivity index (χ1n) is 10.2. The van der Waals surface area contributed by atoms with Crippen LogP contribution >= 0.6 is 0 Å². The van der Waals surface area contributed by atoms with Gasteiger partial charge in [0.1, 0.15) is 0 Å². The lowest BCUT2D eigenvalue weighted by molar-refractivity contribution is -0.199. The van der Waals surface area contributed by atoms with Gasteiger partial charge >= 0.3 is 5.97 Å². The van der Waals surface area contributed by atoms with E-state index in [1.807, 2.05) is 32.3 Å². The van der Waals surface area contributed by atoms with E-state index in [4.69, 9.17) is 9.72 Å². The average molecular weight is 421 g/mol. The number of nitrogens with zero attached hydrogens (tertiary/aromatic N) is 3. The molecule has 0 radical (unpaired) electrons. The van der Waals surface area contributed by atoms with Crippen LogP contribution in [0, 0.1) is 0 Å². The smallest absolute Gasteiger partial charge is 0.345 e. The molecule has 160 valence electrons. The third-order valence-electron chi connectivity index (χ3n) is 6.13. The highest BCUT2D eigenvalue weighted by Crippen LogP contribution is 2.41. The van der Waals surface area contributed by atoms with Gasteiger partial charge in [-0.2, -0.15) is 0 Å². The first kappa shape index (κ1) is 19.9. The Labute approximate surface area is 178 Å². The molecule has 0 fully saturated rings. The number of carbonyl (C=O) groups is 1. The van der Waals surface area contributed by atoms with Gasteiger partial charge in [-0.15, -0.1) is 0 Å². The lowest BCUT2D eigenvalue weighted by atomic mass is 9.85. The van der Waals surface area contributed by atoms with Gasteiger partial charge in [-0.05, 0) is 50.3 Å². The number of aromatic nitrogens is 2. The van der Waals surface area contributed by atoms with Crippen LogP contribution in [0.5, 0.6) is 0 Å². The molecule has 1 unspecified atom stereocenters. The van der Waals surface area contributed by atoms with Crippen molar-refractivity contribution < 1.29 is 19.7 Å². The summed E-state index contributed by atoms with van der Waals surface area (Å²) < 4.78 is 6.39. The Morgan fingerprint density at radius 1 is 1.26 bits per heavy atom. The molecule has 0 amide bonds. The maximum atomic E-state index is 13.2. The number of hydrogen-bond donors (Lipinski definition) is 2. The Bertz CT molecular complexity index is 1310. The number of aliphatic hydroxyl groups excluding tert-OH is 1. The molecule has 2 aliphatic rings. The summed E-state index contributed by atoms with van der Waals surface area (Å²) in [5.74, 6) is -0.961. The molecule has 0 aliphatic carbocycles. The van der Waals surface area contributed by atoms with Crippen LogP contribution < -0.4 is 5.56 Å². The Kier molecular flexibility index (Phi) is 4.30. The van der Waals surface area contributed by atoms with Crippen LogP contribution in [0.4, 0.5) is 0 Å². The molecular weight excluding hydrogens is 398 g/mol. The number of pyridine rings is 2. The largest absolute Gasteiger partial charge is 0.429 e. The topological polar surface area (TPSA) is 105 Å². The van der Waals surface area contributed by atoms with Crippen LogP contribution in [0.25, 0.3) is 22.3 Å². The summed E-state index contributed by atoms with van der Waals surface area (Å²) in [7, 11) is 4.02. The van der Waals surface area contributed by atoms with Crippen molar-refractivity contribution in [3.8, 4) is 11.4 Å². The molecule has 5 rings (SSSR count). The van der Waals surface area contributed by atoms with Gasteiger partial charge in [0.2, 0.25) is 6.29 Å². The van der Waals surface area contributed by atoms with Gasteiger partial charge in [-0.1, -0.05) is 13.0 Å². The number of aliphatic hydroxyl groups is 2. The number of ether oxygens (including phenoxy) is 1. The van der Waals surface area contributed by atoms with Crippen molar-refractivity contribution in [1.29, 1.82) is 0 Å². The van der Waals surface area contributed by atoms with Gasteiger partial charge < -0.3 is 24.4 Å². The van der Waals surface area contributed by atoms with Gasteiger partial charge in [-0.3, -0.25) is 4.79 Å². The van der Waals surface area contributed by atoms with Gasteiger partial charge in [-0.25, -0.2) is 9.78 Å². The van der Waals surface area contributed by atoms with Crippen molar-refractivity contribution in [1.82, 2.24) is 14.5 Å². The summed E-state index contributed by atoms with van der Waals surface area (Å²) in [6, 6.07) is 9.68. The summed E-state index contributed by atoms with van der Waals surface area (Å²) in [5.41, 5.74) is 1.50. The van der Waals surface area contributed by atoms with E-state index >= 15 is 0 Å². The summed E-state index contributed by atoms with van der Waals surface area (Å²) in [4.78, 5) is 32.4. The number of fused-ring (bicyclic) bond motifs is 5. The molecule has 2 N–H and O–H groups in total. The predicted molar refractivity (Wildman–Crippen MR) is 113 cm³/mol. The summed E-state index contributed by atoms with van der Waals surface area (Å²) in [6.45, 7) is 2.72. The van der Waals surface area contributed by atoms with Crippen molar-refractivity contribution in [3.05, 3.63) is 62.9 Å². The van der Waals surface area contributed by atoms with Crippen LogP contribution in [-0.2, 0) is 28.2 Å². The molecule has 0 spiro atoms. The van der Waals surface area contributed by atoms with Crippen molar-refractivity contribution >= 4 is 16.9 Å². The lowest BCUT2D eigenvalue weighted by Gasteiger charge is -2.34. The zero-order valence-electron chi connectivity index (χ0n) is 17.5. The van der Waals surface area contributed by atoms with E-state index < -0.39 is 23.4 Å². The van der Waals surface area contributed by atoms with E-state index in [-0.39, 0.29) is 17.5 Å². The molecule has 4 heterocycles. The predicted octanol–water partition coefficient (Wildman–Crippen LogP) is 1.63. The van der Waals surface area contributed by atoms with Crippen molar-refractivity contribution in [2.45, 2.75) is 38.3 Å². The highest BCUT2D eigenvalue weighted by molar-refractivity contribution is 5.86. The highest BCUT2D eigenvalue weighted by Gasteiger charge is 2.48. The quantitative estimate of drug-likeness (QED) is 0.485. The molecule has 8 heteroatoms. The standard InChI is InChI=1S/C23H23N3O5/c1-4-23(30)15-9-17-19-14(11-26(17)20(27)18(15)21(28)31-22(23)29)8-13-7-12(10-25(2)3)5-6-16(13)24-19/h5-9,21,28,30H,4,10-11H2,1-3H3/t21?,23-/m0/s1. The third-order valence-corrected chi connectivity index (χ3v) is 6.13. The zero-order valence-corrected chi connectivity index (χ0v) is 17.5. The van der Waals surface area contributed by atoms with E-state index in [0.29, 0.717) is 17.9 Å². The second-order valence-electron chi connectivity index (χ2n) is 8.48. The van der Waals surface area contributed by atoms with Crippen molar-refractivity contribution in [3.63, 3.8) is 0 Å². The number of benzene rings is 1. The second kappa shape index (κ2) is 6.71. The highest BCUT2D eigenvalue weighted by atomic mass is 16.6. The first-order valence-corrected chi connectivity index (χ1v) is 10.2. The van der Waals surface area contributed by atoms with Gasteiger partial charge in [0.05, 0.1) is 29.0 Å². The number of hydrogen-bond acceptors (Lipinski definition) is 7. The Balaban J connectivity index is 1.71. The molecule has 1 aromatic carbocycles. The normalized spacial score (nSPS) is 21.7. The Morgan fingerprint density at radius 3 is 2.74 bits per heavy atom.